The number of rotatable bonds is 7. The van der Waals surface area contributed by atoms with E-state index in [1.54, 1.807) is 0 Å². The normalized spacial score (nSPS) is 16.0. The second kappa shape index (κ2) is 7.64. The molecule has 0 aliphatic carbocycles. The lowest BCUT2D eigenvalue weighted by molar-refractivity contribution is 0.448. The lowest BCUT2D eigenvalue weighted by Crippen LogP contribution is -2.06. The van der Waals surface area contributed by atoms with Crippen molar-refractivity contribution >= 4 is 0 Å². The van der Waals surface area contributed by atoms with Crippen LogP contribution in [0.1, 0.15) is 59.8 Å². The van der Waals surface area contributed by atoms with Gasteiger partial charge in [-0.05, 0) is 18.3 Å². The predicted octanol–water partition coefficient (Wildman–Crippen LogP) is 4.45. The molecule has 0 rings (SSSR count). The van der Waals surface area contributed by atoms with E-state index in [-0.39, 0.29) is 0 Å². The highest BCUT2D eigenvalue weighted by Gasteiger charge is 2.09. The highest BCUT2D eigenvalue weighted by Crippen LogP contribution is 2.21. The van der Waals surface area contributed by atoms with Crippen molar-refractivity contribution in [1.82, 2.24) is 0 Å². The van der Waals surface area contributed by atoms with E-state index in [4.69, 9.17) is 0 Å². The molecule has 0 aliphatic rings. The Morgan fingerprint density at radius 2 is 1.75 bits per heavy atom. The van der Waals surface area contributed by atoms with E-state index in [1.165, 1.54) is 32.1 Å². The maximum Gasteiger partial charge on any atom is -0.0327 e. The molecule has 0 N–H and O–H groups in total. The largest absolute Gasteiger partial charge is 0.0654 e. The minimum absolute atomic E-state index is 0.812. The Bertz CT molecular complexity index is 86.0. The van der Waals surface area contributed by atoms with E-state index >= 15 is 0 Å². The molecule has 0 nitrogen and oxygen atoms in total. The van der Waals surface area contributed by atoms with Gasteiger partial charge in [0.2, 0.25) is 0 Å². The minimum atomic E-state index is 0.812. The van der Waals surface area contributed by atoms with Crippen LogP contribution in [-0.4, -0.2) is 0 Å². The summed E-state index contributed by atoms with van der Waals surface area (Å²) in [5, 5.41) is 0. The summed E-state index contributed by atoms with van der Waals surface area (Å²) in [4.78, 5) is 0. The third-order valence-corrected chi connectivity index (χ3v) is 2.70. The van der Waals surface area contributed by atoms with Crippen molar-refractivity contribution in [3.63, 3.8) is 0 Å². The number of hydrogen-bond donors (Lipinski definition) is 0. The summed E-state index contributed by atoms with van der Waals surface area (Å²) in [6.07, 6.45) is 9.30. The van der Waals surface area contributed by atoms with Crippen molar-refractivity contribution in [1.29, 1.82) is 0 Å². The first kappa shape index (κ1) is 12.0. The molecule has 0 saturated carbocycles. The standard InChI is InChI=1S/C12H25/c1-5-8-9-12(7-3)10-11(4)6-2/h10-12H,5-9H2,1-4H3. The smallest absolute Gasteiger partial charge is 0.0327 e. The van der Waals surface area contributed by atoms with Crippen molar-refractivity contribution in [2.45, 2.75) is 59.8 Å². The highest BCUT2D eigenvalue weighted by molar-refractivity contribution is 4.79. The van der Waals surface area contributed by atoms with E-state index in [0.717, 1.165) is 11.8 Å². The van der Waals surface area contributed by atoms with Gasteiger partial charge in [0.05, 0.1) is 0 Å². The second-order valence-corrected chi connectivity index (χ2v) is 3.89. The predicted molar refractivity (Wildman–Crippen MR) is 57.1 cm³/mol. The van der Waals surface area contributed by atoms with Gasteiger partial charge in [-0.1, -0.05) is 59.8 Å². The Hall–Kier alpha value is 0. The number of unbranched alkanes of at least 4 members (excludes halogenated alkanes) is 1. The molecule has 2 unspecified atom stereocenters. The fraction of sp³-hybridized carbons (Fsp3) is 0.917. The third kappa shape index (κ3) is 5.62. The zero-order valence-corrected chi connectivity index (χ0v) is 9.27. The van der Waals surface area contributed by atoms with Gasteiger partial charge in [-0.25, -0.2) is 0 Å². The van der Waals surface area contributed by atoms with Crippen LogP contribution in [0, 0.1) is 18.3 Å². The average molecular weight is 169 g/mol. The molecule has 12 heavy (non-hydrogen) atoms. The highest BCUT2D eigenvalue weighted by atomic mass is 14.1. The van der Waals surface area contributed by atoms with Gasteiger partial charge in [-0.15, -0.1) is 0 Å². The van der Waals surface area contributed by atoms with Crippen LogP contribution in [0.3, 0.4) is 0 Å². The van der Waals surface area contributed by atoms with Crippen molar-refractivity contribution in [3.8, 4) is 0 Å². The van der Waals surface area contributed by atoms with Gasteiger partial charge >= 0.3 is 0 Å². The summed E-state index contributed by atoms with van der Waals surface area (Å²) in [6.45, 7) is 9.18. The zero-order chi connectivity index (χ0) is 9.40. The van der Waals surface area contributed by atoms with Crippen molar-refractivity contribution in [2.24, 2.45) is 11.8 Å². The second-order valence-electron chi connectivity index (χ2n) is 3.89. The maximum absolute atomic E-state index is 2.55. The average Bonchev–Trinajstić information content (AvgIpc) is 2.11. The maximum atomic E-state index is 2.55. The monoisotopic (exact) mass is 169 g/mol. The molecule has 0 fully saturated rings. The fourth-order valence-corrected chi connectivity index (χ4v) is 1.50. The van der Waals surface area contributed by atoms with Gasteiger partial charge in [-0.3, -0.25) is 0 Å². The SMILES string of the molecule is CCCCC([CH]C(C)CC)CC. The van der Waals surface area contributed by atoms with Gasteiger partial charge < -0.3 is 0 Å². The molecule has 0 saturated heterocycles. The van der Waals surface area contributed by atoms with Gasteiger partial charge in [0.1, 0.15) is 0 Å². The molecule has 0 aromatic rings. The van der Waals surface area contributed by atoms with Crippen LogP contribution < -0.4 is 0 Å². The molecule has 1 radical (unpaired) electrons. The van der Waals surface area contributed by atoms with Crippen LogP contribution >= 0.6 is 0 Å². The summed E-state index contributed by atoms with van der Waals surface area (Å²) >= 11 is 0. The quantitative estimate of drug-likeness (QED) is 0.528. The Kier molecular flexibility index (Phi) is 7.64. The molecule has 0 aliphatic heterocycles. The zero-order valence-electron chi connectivity index (χ0n) is 9.27. The van der Waals surface area contributed by atoms with Gasteiger partial charge in [0.25, 0.3) is 0 Å². The first-order valence-corrected chi connectivity index (χ1v) is 5.59. The third-order valence-electron chi connectivity index (χ3n) is 2.70. The lowest BCUT2D eigenvalue weighted by atomic mass is 9.88. The summed E-state index contributed by atoms with van der Waals surface area (Å²) < 4.78 is 0. The molecule has 0 heterocycles. The van der Waals surface area contributed by atoms with E-state index in [1.807, 2.05) is 0 Å². The van der Waals surface area contributed by atoms with Crippen LogP contribution in [0.15, 0.2) is 0 Å². The Labute approximate surface area is 78.8 Å². The Morgan fingerprint density at radius 3 is 2.17 bits per heavy atom. The van der Waals surface area contributed by atoms with Gasteiger partial charge in [-0.2, -0.15) is 0 Å². The summed E-state index contributed by atoms with van der Waals surface area (Å²) in [5.41, 5.74) is 0. The summed E-state index contributed by atoms with van der Waals surface area (Å²) in [5.74, 6) is 1.69. The van der Waals surface area contributed by atoms with Crippen molar-refractivity contribution in [3.05, 3.63) is 6.42 Å². The number of hydrogen-bond acceptors (Lipinski definition) is 0. The van der Waals surface area contributed by atoms with Gasteiger partial charge in [0.15, 0.2) is 0 Å². The molecule has 0 amide bonds. The fourth-order valence-electron chi connectivity index (χ4n) is 1.50. The van der Waals surface area contributed by atoms with Gasteiger partial charge in [0, 0.05) is 0 Å². The molecule has 0 aromatic heterocycles. The topological polar surface area (TPSA) is 0 Å². The lowest BCUT2D eigenvalue weighted by Gasteiger charge is -2.17. The molecule has 2 atom stereocenters. The first-order chi connectivity index (χ1) is 5.74. The first-order valence-electron chi connectivity index (χ1n) is 5.59. The molecular weight excluding hydrogens is 144 g/mol. The molecule has 0 heteroatoms. The van der Waals surface area contributed by atoms with E-state index in [2.05, 4.69) is 34.1 Å². The van der Waals surface area contributed by atoms with Crippen LogP contribution in [0.5, 0.6) is 0 Å². The molecular formula is C12H25. The summed E-state index contributed by atoms with van der Waals surface area (Å²) in [6, 6.07) is 0. The summed E-state index contributed by atoms with van der Waals surface area (Å²) in [7, 11) is 0. The minimum Gasteiger partial charge on any atom is -0.0654 e. The van der Waals surface area contributed by atoms with E-state index < -0.39 is 0 Å². The molecule has 0 bridgehead atoms. The van der Waals surface area contributed by atoms with Crippen LogP contribution in [-0.2, 0) is 0 Å². The van der Waals surface area contributed by atoms with Crippen LogP contribution in [0.4, 0.5) is 0 Å². The van der Waals surface area contributed by atoms with Crippen LogP contribution in [0.2, 0.25) is 0 Å². The van der Waals surface area contributed by atoms with E-state index in [0.29, 0.717) is 0 Å². The molecule has 73 valence electrons. The Morgan fingerprint density at radius 1 is 1.08 bits per heavy atom. The van der Waals surface area contributed by atoms with Crippen molar-refractivity contribution in [2.75, 3.05) is 0 Å². The Balaban J connectivity index is 3.51. The molecule has 0 aromatic carbocycles. The molecule has 0 spiro atoms. The van der Waals surface area contributed by atoms with Crippen molar-refractivity contribution < 1.29 is 0 Å². The van der Waals surface area contributed by atoms with E-state index in [9.17, 15) is 0 Å². The van der Waals surface area contributed by atoms with Crippen LogP contribution in [0.25, 0.3) is 0 Å².